The third-order valence-corrected chi connectivity index (χ3v) is 12.7. The Labute approximate surface area is 372 Å². The number of esters is 2. The summed E-state index contributed by atoms with van der Waals surface area (Å²) >= 11 is 1.84. The zero-order valence-corrected chi connectivity index (χ0v) is 37.8. The second-order valence-corrected chi connectivity index (χ2v) is 17.3. The number of thioether (sulfide) groups is 1. The van der Waals surface area contributed by atoms with Crippen molar-refractivity contribution >= 4 is 29.8 Å². The van der Waals surface area contributed by atoms with Crippen LogP contribution >= 0.6 is 11.8 Å². The molecule has 0 unspecified atom stereocenters. The molecule has 16 heteroatoms. The molecule has 3 aliphatic rings. The molecule has 2 aromatic rings. The van der Waals surface area contributed by atoms with Gasteiger partial charge in [-0.15, -0.1) is 11.8 Å². The van der Waals surface area contributed by atoms with Gasteiger partial charge < -0.3 is 38.5 Å². The van der Waals surface area contributed by atoms with Crippen molar-refractivity contribution in [1.82, 2.24) is 25.1 Å². The van der Waals surface area contributed by atoms with Crippen LogP contribution in [0, 0.1) is 29.6 Å². The summed E-state index contributed by atoms with van der Waals surface area (Å²) in [4.78, 5) is 50.1. The van der Waals surface area contributed by atoms with Crippen LogP contribution in [-0.4, -0.2) is 155 Å². The zero-order chi connectivity index (χ0) is 43.8. The van der Waals surface area contributed by atoms with Crippen molar-refractivity contribution in [2.24, 2.45) is 17.8 Å². The molecule has 5 rings (SSSR count). The summed E-state index contributed by atoms with van der Waals surface area (Å²) in [5.41, 5.74) is 1.47. The van der Waals surface area contributed by atoms with Crippen molar-refractivity contribution in [3.8, 4) is 11.8 Å². The van der Waals surface area contributed by atoms with Gasteiger partial charge in [-0.25, -0.2) is 24.4 Å². The normalized spacial score (nSPS) is 23.4. The Morgan fingerprint density at radius 1 is 0.774 bits per heavy atom. The van der Waals surface area contributed by atoms with Gasteiger partial charge in [0.05, 0.1) is 84.1 Å². The standard InChI is InChI=1S/C46H67N5O10S/c1-46(35-62-30-10-6-9-19-47-45(54)60-33-40-38-15-7-4-5-8-16-39(38)40)34-59-26-22-50(31-36-13-11-17-41(48-36)43(52)55-2)20-24-57-28-29-58-25-21-51(23-27-61-46)32-37-14-12-18-42(49-37)44(53)56-3/h11-14,17-18,38-40H,6-10,15-16,19-35H2,1-3H3,(H,47,54)/t38-,39+,40+,46-/m1/s1. The predicted octanol–water partition coefficient (Wildman–Crippen LogP) is 5.26. The average molecular weight is 882 g/mol. The highest BCUT2D eigenvalue weighted by molar-refractivity contribution is 7.99. The van der Waals surface area contributed by atoms with E-state index in [0.29, 0.717) is 116 Å². The number of alkyl carbamates (subject to hydrolysis) is 1. The number of nitrogens with zero attached hydrogens (tertiary/aromatic N) is 4. The van der Waals surface area contributed by atoms with E-state index in [1.54, 1.807) is 12.1 Å². The first-order chi connectivity index (χ1) is 30.3. The Morgan fingerprint density at radius 3 is 1.92 bits per heavy atom. The van der Waals surface area contributed by atoms with E-state index in [-0.39, 0.29) is 17.5 Å². The zero-order valence-electron chi connectivity index (χ0n) is 36.9. The summed E-state index contributed by atoms with van der Waals surface area (Å²) in [5, 5.41) is 2.93. The summed E-state index contributed by atoms with van der Waals surface area (Å²) < 4.78 is 40.3. The highest BCUT2D eigenvalue weighted by Gasteiger charge is 2.49. The maximum atomic E-state index is 12.4. The van der Waals surface area contributed by atoms with Gasteiger partial charge in [-0.05, 0) is 80.4 Å². The van der Waals surface area contributed by atoms with Crippen LogP contribution in [0.15, 0.2) is 36.4 Å². The second kappa shape index (κ2) is 27.4. The molecular weight excluding hydrogens is 815 g/mol. The number of amides is 1. The van der Waals surface area contributed by atoms with Gasteiger partial charge >= 0.3 is 18.0 Å². The molecule has 3 heterocycles. The Hall–Kier alpha value is -3.82. The van der Waals surface area contributed by atoms with Gasteiger partial charge in [0, 0.05) is 64.4 Å². The van der Waals surface area contributed by atoms with Crippen LogP contribution in [-0.2, 0) is 46.2 Å². The van der Waals surface area contributed by atoms with Crippen LogP contribution in [0.4, 0.5) is 4.79 Å². The largest absolute Gasteiger partial charge is 0.464 e. The lowest BCUT2D eigenvalue weighted by atomic mass is 10.1. The lowest BCUT2D eigenvalue weighted by Crippen LogP contribution is -2.41. The smallest absolute Gasteiger partial charge is 0.407 e. The van der Waals surface area contributed by atoms with E-state index in [0.717, 1.165) is 67.8 Å². The molecule has 2 aliphatic carbocycles. The number of hydrogen-bond donors (Lipinski definition) is 1. The quantitative estimate of drug-likeness (QED) is 0.101. The monoisotopic (exact) mass is 881 g/mol. The number of carbonyl (C=O) groups excluding carboxylic acids is 3. The number of unbranched alkanes of at least 4 members (excludes halogenated alkanes) is 2. The van der Waals surface area contributed by atoms with Crippen molar-refractivity contribution in [2.75, 3.05) is 111 Å². The average Bonchev–Trinajstić information content (AvgIpc) is 3.93. The highest BCUT2D eigenvalue weighted by Crippen LogP contribution is 2.52. The van der Waals surface area contributed by atoms with Crippen molar-refractivity contribution in [3.63, 3.8) is 0 Å². The molecule has 15 nitrogen and oxygen atoms in total. The number of pyridine rings is 2. The van der Waals surface area contributed by atoms with Crippen molar-refractivity contribution in [1.29, 1.82) is 0 Å². The topological polar surface area (TPSA) is 160 Å². The number of ether oxygens (including phenoxy) is 7. The van der Waals surface area contributed by atoms with Crippen LogP contribution in [0.1, 0.15) is 84.2 Å². The molecule has 4 atom stereocenters. The molecule has 1 N–H and O–H groups in total. The minimum absolute atomic E-state index is 0.268. The van der Waals surface area contributed by atoms with E-state index in [1.807, 2.05) is 36.0 Å². The third-order valence-electron chi connectivity index (χ3n) is 11.4. The van der Waals surface area contributed by atoms with Crippen LogP contribution in [0.2, 0.25) is 0 Å². The highest BCUT2D eigenvalue weighted by atomic mass is 32.2. The fourth-order valence-electron chi connectivity index (χ4n) is 7.80. The summed E-state index contributed by atoms with van der Waals surface area (Å²) in [7, 11) is 2.70. The molecule has 0 aromatic carbocycles. The number of carbonyl (C=O) groups is 3. The molecule has 1 amide bonds. The molecule has 342 valence electrons. The first-order valence-electron chi connectivity index (χ1n) is 22.1. The number of fused-ring (bicyclic) bond motifs is 1. The van der Waals surface area contributed by atoms with Crippen LogP contribution in [0.5, 0.6) is 0 Å². The SMILES string of the molecule is COC(=O)c1cccc(CN2CCOCCOCCN(Cc3cccc(C(=O)OC)n3)CCO[C@@](C)(CSCCCCCNC(=O)OC[C@H]3[C@@H]4CCC#CCC[C@@H]43)COCC2)n1. The van der Waals surface area contributed by atoms with Gasteiger partial charge in [0.1, 0.15) is 11.4 Å². The fourth-order valence-corrected chi connectivity index (χ4v) is 8.95. The molecular formula is C46H67N5O10S. The Kier molecular flexibility index (Phi) is 21.7. The van der Waals surface area contributed by atoms with Crippen LogP contribution < -0.4 is 5.32 Å². The van der Waals surface area contributed by atoms with Gasteiger partial charge in [0.25, 0.3) is 0 Å². The minimum Gasteiger partial charge on any atom is -0.464 e. The molecule has 1 saturated carbocycles. The van der Waals surface area contributed by atoms with Gasteiger partial charge in [0.15, 0.2) is 0 Å². The van der Waals surface area contributed by atoms with Crippen LogP contribution in [0.25, 0.3) is 0 Å². The Balaban J connectivity index is 1.10. The van der Waals surface area contributed by atoms with E-state index in [4.69, 9.17) is 33.2 Å². The van der Waals surface area contributed by atoms with E-state index >= 15 is 0 Å². The molecule has 0 radical (unpaired) electrons. The lowest BCUT2D eigenvalue weighted by molar-refractivity contribution is -0.0808. The molecule has 0 bridgehead atoms. The third kappa shape index (κ3) is 17.7. The van der Waals surface area contributed by atoms with Crippen LogP contribution in [0.3, 0.4) is 0 Å². The molecule has 0 spiro atoms. The molecule has 2 aromatic heterocycles. The number of rotatable bonds is 16. The number of nitrogens with one attached hydrogen (secondary N) is 1. The van der Waals surface area contributed by atoms with E-state index < -0.39 is 17.5 Å². The second-order valence-electron chi connectivity index (χ2n) is 16.2. The van der Waals surface area contributed by atoms with Gasteiger partial charge in [-0.3, -0.25) is 9.80 Å². The van der Waals surface area contributed by atoms with E-state index in [9.17, 15) is 14.4 Å². The summed E-state index contributed by atoms with van der Waals surface area (Å²) in [6, 6.07) is 10.7. The summed E-state index contributed by atoms with van der Waals surface area (Å²) in [6.07, 6.45) is 6.74. The fraction of sp³-hybridized carbons (Fsp3) is 0.674. The van der Waals surface area contributed by atoms with Crippen molar-refractivity contribution in [3.05, 3.63) is 59.2 Å². The molecule has 62 heavy (non-hydrogen) atoms. The Morgan fingerprint density at radius 2 is 1.34 bits per heavy atom. The maximum Gasteiger partial charge on any atom is 0.407 e. The lowest BCUT2D eigenvalue weighted by Gasteiger charge is -2.32. The predicted molar refractivity (Wildman–Crippen MR) is 236 cm³/mol. The van der Waals surface area contributed by atoms with E-state index in [2.05, 4.69) is 43.8 Å². The first-order valence-corrected chi connectivity index (χ1v) is 23.3. The summed E-state index contributed by atoms with van der Waals surface area (Å²) in [5.74, 6) is 9.03. The first kappa shape index (κ1) is 49.2. The maximum absolute atomic E-state index is 12.4. The number of methoxy groups -OCH3 is 2. The molecule has 1 saturated heterocycles. The minimum atomic E-state index is -0.568. The Bertz CT molecular complexity index is 1730. The number of aromatic nitrogens is 2. The van der Waals surface area contributed by atoms with Gasteiger partial charge in [-0.2, -0.15) is 11.8 Å². The molecule has 1 aliphatic heterocycles. The van der Waals surface area contributed by atoms with Crippen molar-refractivity contribution < 1.29 is 47.5 Å². The van der Waals surface area contributed by atoms with Gasteiger partial charge in [-0.1, -0.05) is 18.6 Å². The van der Waals surface area contributed by atoms with Crippen molar-refractivity contribution in [2.45, 2.75) is 70.6 Å². The molecule has 2 fully saturated rings. The van der Waals surface area contributed by atoms with E-state index in [1.165, 1.54) is 14.2 Å². The summed E-state index contributed by atoms with van der Waals surface area (Å²) in [6.45, 7) is 9.91. The number of hydrogen-bond acceptors (Lipinski definition) is 15. The van der Waals surface area contributed by atoms with Gasteiger partial charge in [0.2, 0.25) is 0 Å².